The van der Waals surface area contributed by atoms with Crippen LogP contribution in [0.5, 0.6) is 0 Å². The van der Waals surface area contributed by atoms with E-state index in [9.17, 15) is 4.79 Å². The number of carbonyl (C=O) groups is 1. The molecule has 0 aromatic carbocycles. The van der Waals surface area contributed by atoms with Gasteiger partial charge in [0.25, 0.3) is 0 Å². The summed E-state index contributed by atoms with van der Waals surface area (Å²) in [5, 5.41) is 13.4. The van der Waals surface area contributed by atoms with Gasteiger partial charge in [-0.1, -0.05) is 0 Å². The van der Waals surface area contributed by atoms with Crippen LogP contribution in [0.3, 0.4) is 0 Å². The standard InChI is InChI=1S/C8H10BrNO2S/c1-5(11)8(12)10-4-6-2-3-13-7(6)9/h2-3,5,11H,4H2,1H3,(H,10,12)/t5-/m1/s1. The summed E-state index contributed by atoms with van der Waals surface area (Å²) in [5.41, 5.74) is 1.03. The zero-order valence-electron chi connectivity index (χ0n) is 7.08. The first-order valence-corrected chi connectivity index (χ1v) is 5.46. The van der Waals surface area contributed by atoms with E-state index in [1.807, 2.05) is 11.4 Å². The number of carbonyl (C=O) groups excluding carboxylic acids is 1. The molecule has 0 radical (unpaired) electrons. The molecule has 1 aromatic rings. The van der Waals surface area contributed by atoms with Crippen molar-refractivity contribution in [2.75, 3.05) is 0 Å². The summed E-state index contributed by atoms with van der Waals surface area (Å²) in [6.45, 7) is 1.89. The zero-order valence-corrected chi connectivity index (χ0v) is 9.48. The van der Waals surface area contributed by atoms with Crippen molar-refractivity contribution >= 4 is 33.2 Å². The van der Waals surface area contributed by atoms with E-state index in [1.165, 1.54) is 6.92 Å². The van der Waals surface area contributed by atoms with E-state index in [0.29, 0.717) is 6.54 Å². The normalized spacial score (nSPS) is 12.5. The Hall–Kier alpha value is -0.390. The molecule has 0 aliphatic heterocycles. The largest absolute Gasteiger partial charge is 0.384 e. The van der Waals surface area contributed by atoms with E-state index in [0.717, 1.165) is 9.35 Å². The molecule has 2 N–H and O–H groups in total. The number of aliphatic hydroxyl groups is 1. The van der Waals surface area contributed by atoms with Gasteiger partial charge in [-0.3, -0.25) is 4.79 Å². The minimum atomic E-state index is -0.947. The number of nitrogens with one attached hydrogen (secondary N) is 1. The summed E-state index contributed by atoms with van der Waals surface area (Å²) in [6.07, 6.45) is -0.947. The molecule has 0 aliphatic rings. The molecule has 0 unspecified atom stereocenters. The molecule has 1 rings (SSSR count). The van der Waals surface area contributed by atoms with Gasteiger partial charge < -0.3 is 10.4 Å². The van der Waals surface area contributed by atoms with Crippen molar-refractivity contribution in [3.05, 3.63) is 20.8 Å². The number of aliphatic hydroxyl groups excluding tert-OH is 1. The maximum absolute atomic E-state index is 11.0. The highest BCUT2D eigenvalue weighted by Crippen LogP contribution is 2.22. The number of thiophene rings is 1. The summed E-state index contributed by atoms with van der Waals surface area (Å²) in [5.74, 6) is -0.349. The van der Waals surface area contributed by atoms with Gasteiger partial charge in [-0.05, 0) is 39.9 Å². The first-order chi connectivity index (χ1) is 6.11. The topological polar surface area (TPSA) is 49.3 Å². The molecule has 0 saturated heterocycles. The number of halogens is 1. The van der Waals surface area contributed by atoms with Crippen molar-refractivity contribution in [1.82, 2.24) is 5.32 Å². The van der Waals surface area contributed by atoms with Crippen LogP contribution in [-0.2, 0) is 11.3 Å². The molecule has 3 nitrogen and oxygen atoms in total. The third-order valence-corrected chi connectivity index (χ3v) is 3.34. The lowest BCUT2D eigenvalue weighted by Crippen LogP contribution is -2.31. The average Bonchev–Trinajstić information content (AvgIpc) is 2.47. The van der Waals surface area contributed by atoms with E-state index in [-0.39, 0.29) is 5.91 Å². The highest BCUT2D eigenvalue weighted by molar-refractivity contribution is 9.11. The van der Waals surface area contributed by atoms with E-state index in [2.05, 4.69) is 21.2 Å². The van der Waals surface area contributed by atoms with Crippen LogP contribution in [0.15, 0.2) is 15.2 Å². The minimum Gasteiger partial charge on any atom is -0.384 e. The predicted octanol–water partition coefficient (Wildman–Crippen LogP) is 1.51. The highest BCUT2D eigenvalue weighted by atomic mass is 79.9. The van der Waals surface area contributed by atoms with Crippen molar-refractivity contribution in [3.63, 3.8) is 0 Å². The van der Waals surface area contributed by atoms with Crippen LogP contribution in [0.4, 0.5) is 0 Å². The van der Waals surface area contributed by atoms with Crippen molar-refractivity contribution < 1.29 is 9.90 Å². The Labute approximate surface area is 88.9 Å². The van der Waals surface area contributed by atoms with E-state index in [4.69, 9.17) is 5.11 Å². The molecule has 5 heteroatoms. The van der Waals surface area contributed by atoms with Crippen molar-refractivity contribution in [2.24, 2.45) is 0 Å². The van der Waals surface area contributed by atoms with Crippen LogP contribution >= 0.6 is 27.3 Å². The Morgan fingerprint density at radius 2 is 2.54 bits per heavy atom. The van der Waals surface area contributed by atoms with Crippen molar-refractivity contribution in [3.8, 4) is 0 Å². The van der Waals surface area contributed by atoms with E-state index < -0.39 is 6.10 Å². The fourth-order valence-corrected chi connectivity index (χ4v) is 2.02. The Morgan fingerprint density at radius 3 is 3.00 bits per heavy atom. The van der Waals surface area contributed by atoms with Crippen LogP contribution < -0.4 is 5.32 Å². The molecule has 1 aromatic heterocycles. The van der Waals surface area contributed by atoms with Crippen LogP contribution in [0.25, 0.3) is 0 Å². The van der Waals surface area contributed by atoms with Crippen molar-refractivity contribution in [2.45, 2.75) is 19.6 Å². The average molecular weight is 264 g/mol. The first kappa shape index (κ1) is 10.7. The predicted molar refractivity (Wildman–Crippen MR) is 55.5 cm³/mol. The van der Waals surface area contributed by atoms with E-state index >= 15 is 0 Å². The van der Waals surface area contributed by atoms with Crippen LogP contribution in [0.1, 0.15) is 12.5 Å². The molecule has 13 heavy (non-hydrogen) atoms. The summed E-state index contributed by atoms with van der Waals surface area (Å²) in [4.78, 5) is 11.0. The van der Waals surface area contributed by atoms with Gasteiger partial charge in [0.2, 0.25) is 5.91 Å². The van der Waals surface area contributed by atoms with Gasteiger partial charge in [0, 0.05) is 6.54 Å². The maximum Gasteiger partial charge on any atom is 0.248 e. The summed E-state index contributed by atoms with van der Waals surface area (Å²) < 4.78 is 1.01. The number of hydrogen-bond acceptors (Lipinski definition) is 3. The smallest absolute Gasteiger partial charge is 0.248 e. The Balaban J connectivity index is 2.44. The summed E-state index contributed by atoms with van der Waals surface area (Å²) >= 11 is 4.93. The second kappa shape index (κ2) is 4.74. The molecule has 0 saturated carbocycles. The molecule has 0 spiro atoms. The molecule has 1 heterocycles. The fourth-order valence-electron chi connectivity index (χ4n) is 0.776. The lowest BCUT2D eigenvalue weighted by Gasteiger charge is -2.05. The van der Waals surface area contributed by atoms with Gasteiger partial charge in [0.05, 0.1) is 3.79 Å². The quantitative estimate of drug-likeness (QED) is 0.869. The Bertz CT molecular complexity index is 298. The molecular weight excluding hydrogens is 254 g/mol. The third-order valence-electron chi connectivity index (χ3n) is 1.53. The highest BCUT2D eigenvalue weighted by Gasteiger charge is 2.08. The molecule has 0 fully saturated rings. The van der Waals surface area contributed by atoms with Gasteiger partial charge >= 0.3 is 0 Å². The molecule has 72 valence electrons. The molecule has 1 atom stereocenters. The minimum absolute atomic E-state index is 0.349. The number of amides is 1. The third kappa shape index (κ3) is 3.10. The SMILES string of the molecule is C[C@@H](O)C(=O)NCc1ccsc1Br. The van der Waals surface area contributed by atoms with Gasteiger partial charge in [0.15, 0.2) is 0 Å². The first-order valence-electron chi connectivity index (χ1n) is 3.79. The van der Waals surface area contributed by atoms with Crippen LogP contribution in [-0.4, -0.2) is 17.1 Å². The van der Waals surface area contributed by atoms with Gasteiger partial charge in [0.1, 0.15) is 6.10 Å². The molecule has 1 amide bonds. The fraction of sp³-hybridized carbons (Fsp3) is 0.375. The maximum atomic E-state index is 11.0. The monoisotopic (exact) mass is 263 g/mol. The molecule has 0 aliphatic carbocycles. The van der Waals surface area contributed by atoms with Crippen molar-refractivity contribution in [1.29, 1.82) is 0 Å². The molecule has 0 bridgehead atoms. The number of hydrogen-bond donors (Lipinski definition) is 2. The lowest BCUT2D eigenvalue weighted by molar-refractivity contribution is -0.128. The summed E-state index contributed by atoms with van der Waals surface area (Å²) in [6, 6.07) is 1.93. The summed E-state index contributed by atoms with van der Waals surface area (Å²) in [7, 11) is 0. The number of rotatable bonds is 3. The van der Waals surface area contributed by atoms with Gasteiger partial charge in [-0.25, -0.2) is 0 Å². The second-order valence-electron chi connectivity index (χ2n) is 2.61. The van der Waals surface area contributed by atoms with Crippen LogP contribution in [0, 0.1) is 0 Å². The van der Waals surface area contributed by atoms with E-state index in [1.54, 1.807) is 11.3 Å². The second-order valence-corrected chi connectivity index (χ2v) is 4.85. The zero-order chi connectivity index (χ0) is 9.84. The lowest BCUT2D eigenvalue weighted by atomic mass is 10.3. The Morgan fingerprint density at radius 1 is 1.85 bits per heavy atom. The van der Waals surface area contributed by atoms with Gasteiger partial charge in [-0.2, -0.15) is 0 Å². The van der Waals surface area contributed by atoms with Gasteiger partial charge in [-0.15, -0.1) is 11.3 Å². The Kier molecular flexibility index (Phi) is 3.90. The van der Waals surface area contributed by atoms with Crippen LogP contribution in [0.2, 0.25) is 0 Å². The molecular formula is C8H10BrNO2S.